The molecule has 5 nitrogen and oxygen atoms in total. The molecule has 1 saturated heterocycles. The Morgan fingerprint density at radius 2 is 1.96 bits per heavy atom. The highest BCUT2D eigenvalue weighted by Gasteiger charge is 2.44. The number of unbranched alkanes of at least 4 members (excludes halogenated alkanes) is 1. The van der Waals surface area contributed by atoms with E-state index in [9.17, 15) is 4.79 Å². The van der Waals surface area contributed by atoms with Crippen LogP contribution in [0.5, 0.6) is 0 Å². The maximum Gasteiger partial charge on any atom is 0.225 e. The molecule has 3 aliphatic rings. The van der Waals surface area contributed by atoms with Crippen LogP contribution in [0.4, 0.5) is 0 Å². The van der Waals surface area contributed by atoms with Gasteiger partial charge < -0.3 is 4.90 Å². The van der Waals surface area contributed by atoms with Gasteiger partial charge in [-0.2, -0.15) is 0 Å². The van der Waals surface area contributed by atoms with Crippen molar-refractivity contribution in [3.05, 3.63) is 11.9 Å². The van der Waals surface area contributed by atoms with Gasteiger partial charge in [-0.15, -0.1) is 5.10 Å². The fourth-order valence-electron chi connectivity index (χ4n) is 4.80. The Bertz CT molecular complexity index is 584. The second-order valence-electron chi connectivity index (χ2n) is 8.41. The molecule has 3 fully saturated rings. The summed E-state index contributed by atoms with van der Waals surface area (Å²) in [6.45, 7) is 4.00. The van der Waals surface area contributed by atoms with Gasteiger partial charge in [0.2, 0.25) is 5.91 Å². The fourth-order valence-corrected chi connectivity index (χ4v) is 4.80. The second kappa shape index (κ2) is 7.46. The number of likely N-dealkylation sites (tertiary alicyclic amines) is 1. The van der Waals surface area contributed by atoms with Crippen molar-refractivity contribution in [2.75, 3.05) is 13.1 Å². The highest BCUT2D eigenvalue weighted by Crippen LogP contribution is 2.44. The van der Waals surface area contributed by atoms with Crippen LogP contribution in [0.3, 0.4) is 0 Å². The van der Waals surface area contributed by atoms with E-state index in [1.807, 2.05) is 0 Å². The Hall–Kier alpha value is -1.39. The van der Waals surface area contributed by atoms with E-state index in [0.717, 1.165) is 32.4 Å². The van der Waals surface area contributed by atoms with Crippen molar-refractivity contribution in [2.24, 2.45) is 11.8 Å². The zero-order chi connectivity index (χ0) is 17.2. The molecular weight excluding hydrogens is 312 g/mol. The Morgan fingerprint density at radius 3 is 2.68 bits per heavy atom. The van der Waals surface area contributed by atoms with Gasteiger partial charge in [-0.05, 0) is 44.4 Å². The van der Waals surface area contributed by atoms with Crippen molar-refractivity contribution in [3.8, 4) is 0 Å². The van der Waals surface area contributed by atoms with Crippen molar-refractivity contribution in [2.45, 2.75) is 83.1 Å². The molecule has 2 saturated carbocycles. The molecule has 2 atom stereocenters. The van der Waals surface area contributed by atoms with Gasteiger partial charge in [0.15, 0.2) is 0 Å². The molecule has 0 N–H and O–H groups in total. The number of hydrogen-bond donors (Lipinski definition) is 0. The highest BCUT2D eigenvalue weighted by atomic mass is 16.2. The standard InChI is InChI=1S/C20H32N4O/c1-2-3-6-16-13-18(16)20(25)23-11-9-17(10-12-23)24-14-19(21-22-24)15-7-4-5-8-15/h14-18H,2-13H2,1H3/t16-,18+/m1/s1. The van der Waals surface area contributed by atoms with Gasteiger partial charge in [0.25, 0.3) is 0 Å². The molecule has 0 bridgehead atoms. The largest absolute Gasteiger partial charge is 0.342 e. The predicted octanol–water partition coefficient (Wildman–Crippen LogP) is 3.93. The molecule has 2 heterocycles. The van der Waals surface area contributed by atoms with Crippen LogP contribution in [0, 0.1) is 11.8 Å². The molecule has 5 heteroatoms. The first-order chi connectivity index (χ1) is 12.3. The van der Waals surface area contributed by atoms with Gasteiger partial charge in [-0.25, -0.2) is 4.68 Å². The summed E-state index contributed by atoms with van der Waals surface area (Å²) in [5.74, 6) is 2.06. The molecule has 0 spiro atoms. The van der Waals surface area contributed by atoms with Crippen LogP contribution >= 0.6 is 0 Å². The average Bonchev–Trinajstić information content (AvgIpc) is 3.05. The minimum atomic E-state index is 0.337. The Kier molecular flexibility index (Phi) is 5.09. The van der Waals surface area contributed by atoms with Crippen LogP contribution < -0.4 is 0 Å². The first-order valence-electron chi connectivity index (χ1n) is 10.5. The van der Waals surface area contributed by atoms with E-state index in [1.165, 1.54) is 50.6 Å². The summed E-state index contributed by atoms with van der Waals surface area (Å²) < 4.78 is 2.08. The summed E-state index contributed by atoms with van der Waals surface area (Å²) in [4.78, 5) is 14.8. The molecule has 1 aliphatic heterocycles. The number of amides is 1. The lowest BCUT2D eigenvalue weighted by atomic mass is 10.0. The van der Waals surface area contributed by atoms with Gasteiger partial charge >= 0.3 is 0 Å². The lowest BCUT2D eigenvalue weighted by molar-refractivity contribution is -0.134. The van der Waals surface area contributed by atoms with Crippen LogP contribution in [0.2, 0.25) is 0 Å². The number of aromatic nitrogens is 3. The Labute approximate surface area is 151 Å². The van der Waals surface area contributed by atoms with Crippen molar-refractivity contribution < 1.29 is 4.79 Å². The normalized spacial score (nSPS) is 27.8. The molecule has 1 aromatic rings. The van der Waals surface area contributed by atoms with Crippen LogP contribution in [0.15, 0.2) is 6.20 Å². The molecule has 0 aromatic carbocycles. The third kappa shape index (κ3) is 3.75. The number of carbonyl (C=O) groups excluding carboxylic acids is 1. The molecule has 1 amide bonds. The molecule has 4 rings (SSSR count). The zero-order valence-electron chi connectivity index (χ0n) is 15.6. The minimum Gasteiger partial charge on any atom is -0.342 e. The molecule has 138 valence electrons. The molecule has 1 aromatic heterocycles. The summed E-state index contributed by atoms with van der Waals surface area (Å²) in [5, 5.41) is 8.85. The maximum absolute atomic E-state index is 12.6. The first-order valence-corrected chi connectivity index (χ1v) is 10.5. The summed E-state index contributed by atoms with van der Waals surface area (Å²) in [7, 11) is 0. The monoisotopic (exact) mass is 344 g/mol. The Morgan fingerprint density at radius 1 is 1.20 bits per heavy atom. The topological polar surface area (TPSA) is 51.0 Å². The van der Waals surface area contributed by atoms with E-state index in [4.69, 9.17) is 0 Å². The van der Waals surface area contributed by atoms with E-state index in [1.54, 1.807) is 0 Å². The number of carbonyl (C=O) groups is 1. The summed E-state index contributed by atoms with van der Waals surface area (Å²) in [6.07, 6.45) is 14.3. The van der Waals surface area contributed by atoms with Gasteiger partial charge in [0, 0.05) is 31.1 Å². The number of nitrogens with zero attached hydrogens (tertiary/aromatic N) is 4. The minimum absolute atomic E-state index is 0.337. The van der Waals surface area contributed by atoms with Crippen molar-refractivity contribution >= 4 is 5.91 Å². The lowest BCUT2D eigenvalue weighted by Gasteiger charge is -2.32. The molecule has 0 radical (unpaired) electrons. The fraction of sp³-hybridized carbons (Fsp3) is 0.850. The predicted molar refractivity (Wildman–Crippen MR) is 97.2 cm³/mol. The second-order valence-corrected chi connectivity index (χ2v) is 8.41. The van der Waals surface area contributed by atoms with Crippen molar-refractivity contribution in [1.82, 2.24) is 19.9 Å². The van der Waals surface area contributed by atoms with Crippen molar-refractivity contribution in [3.63, 3.8) is 0 Å². The van der Waals surface area contributed by atoms with E-state index >= 15 is 0 Å². The van der Waals surface area contributed by atoms with Gasteiger partial charge in [-0.1, -0.05) is 37.8 Å². The summed E-state index contributed by atoms with van der Waals surface area (Å²) >= 11 is 0. The van der Waals surface area contributed by atoms with E-state index in [-0.39, 0.29) is 0 Å². The van der Waals surface area contributed by atoms with Crippen LogP contribution in [-0.4, -0.2) is 38.9 Å². The maximum atomic E-state index is 12.6. The lowest BCUT2D eigenvalue weighted by Crippen LogP contribution is -2.40. The zero-order valence-corrected chi connectivity index (χ0v) is 15.6. The van der Waals surface area contributed by atoms with E-state index < -0.39 is 0 Å². The summed E-state index contributed by atoms with van der Waals surface area (Å²) in [6, 6.07) is 0.418. The Balaban J connectivity index is 1.26. The highest BCUT2D eigenvalue weighted by molar-refractivity contribution is 5.81. The number of rotatable bonds is 6. The van der Waals surface area contributed by atoms with E-state index in [2.05, 4.69) is 33.0 Å². The third-order valence-corrected chi connectivity index (χ3v) is 6.62. The summed E-state index contributed by atoms with van der Waals surface area (Å²) in [5.41, 5.74) is 1.19. The van der Waals surface area contributed by atoms with Gasteiger partial charge in [0.05, 0.1) is 11.7 Å². The third-order valence-electron chi connectivity index (χ3n) is 6.62. The molecule has 2 aliphatic carbocycles. The van der Waals surface area contributed by atoms with Crippen LogP contribution in [0.1, 0.15) is 88.8 Å². The van der Waals surface area contributed by atoms with Gasteiger partial charge in [-0.3, -0.25) is 4.79 Å². The van der Waals surface area contributed by atoms with E-state index in [0.29, 0.717) is 29.7 Å². The van der Waals surface area contributed by atoms with Crippen LogP contribution in [0.25, 0.3) is 0 Å². The molecule has 0 unspecified atom stereocenters. The SMILES string of the molecule is CCCC[C@@H]1C[C@@H]1C(=O)N1CCC(n2cc(C3CCCC3)nn2)CC1. The number of hydrogen-bond acceptors (Lipinski definition) is 3. The number of piperidine rings is 1. The average molecular weight is 345 g/mol. The van der Waals surface area contributed by atoms with Gasteiger partial charge in [0.1, 0.15) is 0 Å². The van der Waals surface area contributed by atoms with Crippen LogP contribution in [-0.2, 0) is 4.79 Å². The quantitative estimate of drug-likeness (QED) is 0.786. The molecular formula is C20H32N4O. The smallest absolute Gasteiger partial charge is 0.225 e. The molecule has 25 heavy (non-hydrogen) atoms. The first kappa shape index (κ1) is 17.0. The van der Waals surface area contributed by atoms with Crippen molar-refractivity contribution in [1.29, 1.82) is 0 Å².